The van der Waals surface area contributed by atoms with E-state index in [-0.39, 0.29) is 0 Å². The highest BCUT2D eigenvalue weighted by Gasteiger charge is 2.16. The van der Waals surface area contributed by atoms with Gasteiger partial charge in [-0.15, -0.1) is 0 Å². The Morgan fingerprint density at radius 2 is 2.18 bits per heavy atom. The topological polar surface area (TPSA) is 9.23 Å². The Bertz CT molecular complexity index is 309. The molecule has 1 fully saturated rings. The Morgan fingerprint density at radius 3 is 2.82 bits per heavy atom. The minimum atomic E-state index is 0.497. The minimum Gasteiger partial charge on any atom is -0.377 e. The predicted octanol–water partition coefficient (Wildman–Crippen LogP) is 3.61. The van der Waals surface area contributed by atoms with Gasteiger partial charge in [-0.2, -0.15) is 24.4 Å². The summed E-state index contributed by atoms with van der Waals surface area (Å²) in [5, 5.41) is 0. The number of ether oxygens (including phenoxy) is 1. The third kappa shape index (κ3) is 4.23. The molecule has 94 valence electrons. The Balaban J connectivity index is 1.75. The zero-order chi connectivity index (χ0) is 11.9. The van der Waals surface area contributed by atoms with E-state index < -0.39 is 0 Å². The largest absolute Gasteiger partial charge is 0.377 e. The normalized spacial score (nSPS) is 21.6. The molecule has 17 heavy (non-hydrogen) atoms. The molecular weight excluding hydrogens is 248 g/mol. The maximum Gasteiger partial charge on any atom is 0.0666 e. The van der Waals surface area contributed by atoms with Gasteiger partial charge in [0.05, 0.1) is 6.10 Å². The van der Waals surface area contributed by atoms with Crippen molar-refractivity contribution in [1.82, 2.24) is 0 Å². The van der Waals surface area contributed by atoms with Crippen LogP contribution in [0.15, 0.2) is 30.3 Å². The van der Waals surface area contributed by atoms with Crippen molar-refractivity contribution in [1.29, 1.82) is 0 Å². The third-order valence-corrected chi connectivity index (χ3v) is 4.82. The molecule has 1 aliphatic heterocycles. The summed E-state index contributed by atoms with van der Waals surface area (Å²) < 4.78 is 5.63. The van der Waals surface area contributed by atoms with Crippen LogP contribution in [-0.4, -0.2) is 30.0 Å². The van der Waals surface area contributed by atoms with Gasteiger partial charge >= 0.3 is 0 Å². The zero-order valence-electron chi connectivity index (χ0n) is 10.0. The van der Waals surface area contributed by atoms with Crippen molar-refractivity contribution in [2.75, 3.05) is 23.9 Å². The Morgan fingerprint density at radius 1 is 1.35 bits per heavy atom. The fourth-order valence-corrected chi connectivity index (χ4v) is 3.87. The number of thiol groups is 1. The number of thioether (sulfide) groups is 1. The van der Waals surface area contributed by atoms with Crippen molar-refractivity contribution < 1.29 is 4.74 Å². The second-order valence-corrected chi connectivity index (χ2v) is 5.90. The fraction of sp³-hybridized carbons (Fsp3) is 0.571. The van der Waals surface area contributed by atoms with Gasteiger partial charge in [0, 0.05) is 24.0 Å². The molecule has 0 spiro atoms. The lowest BCUT2D eigenvalue weighted by molar-refractivity contribution is 0.129. The number of hydrogen-bond acceptors (Lipinski definition) is 3. The van der Waals surface area contributed by atoms with Gasteiger partial charge in [0.2, 0.25) is 0 Å². The molecule has 2 unspecified atom stereocenters. The number of hydrogen-bond donors (Lipinski definition) is 1. The van der Waals surface area contributed by atoms with Gasteiger partial charge in [0.15, 0.2) is 0 Å². The van der Waals surface area contributed by atoms with Gasteiger partial charge < -0.3 is 4.74 Å². The second-order valence-electron chi connectivity index (χ2n) is 4.46. The van der Waals surface area contributed by atoms with Crippen LogP contribution in [0.1, 0.15) is 24.3 Å². The van der Waals surface area contributed by atoms with E-state index in [2.05, 4.69) is 43.0 Å². The maximum absolute atomic E-state index is 5.63. The second kappa shape index (κ2) is 7.34. The molecule has 3 heteroatoms. The molecule has 1 heterocycles. The Kier molecular flexibility index (Phi) is 5.75. The fourth-order valence-electron chi connectivity index (χ4n) is 2.10. The van der Waals surface area contributed by atoms with Gasteiger partial charge in [-0.1, -0.05) is 30.3 Å². The van der Waals surface area contributed by atoms with Crippen molar-refractivity contribution in [3.63, 3.8) is 0 Å². The summed E-state index contributed by atoms with van der Waals surface area (Å²) in [5.74, 6) is 3.76. The van der Waals surface area contributed by atoms with Gasteiger partial charge in [0.1, 0.15) is 0 Å². The van der Waals surface area contributed by atoms with Crippen LogP contribution >= 0.6 is 24.4 Å². The summed E-state index contributed by atoms with van der Waals surface area (Å²) in [7, 11) is 0. The lowest BCUT2D eigenvalue weighted by atomic mass is 10.0. The van der Waals surface area contributed by atoms with Crippen molar-refractivity contribution in [3.8, 4) is 0 Å². The molecule has 1 saturated heterocycles. The van der Waals surface area contributed by atoms with Crippen molar-refractivity contribution in [2.24, 2.45) is 0 Å². The van der Waals surface area contributed by atoms with E-state index in [0.717, 1.165) is 23.9 Å². The lowest BCUT2D eigenvalue weighted by Gasteiger charge is -2.16. The average molecular weight is 268 g/mol. The zero-order valence-corrected chi connectivity index (χ0v) is 11.8. The van der Waals surface area contributed by atoms with Crippen molar-refractivity contribution in [2.45, 2.75) is 24.9 Å². The van der Waals surface area contributed by atoms with Crippen molar-refractivity contribution in [3.05, 3.63) is 35.9 Å². The third-order valence-electron chi connectivity index (χ3n) is 3.14. The van der Waals surface area contributed by atoms with Gasteiger partial charge in [-0.3, -0.25) is 0 Å². The summed E-state index contributed by atoms with van der Waals surface area (Å²) in [6, 6.07) is 10.7. The van der Waals surface area contributed by atoms with Gasteiger partial charge in [-0.05, 0) is 24.2 Å². The molecule has 0 saturated carbocycles. The lowest BCUT2D eigenvalue weighted by Crippen LogP contribution is -2.11. The molecule has 1 aliphatic rings. The first-order chi connectivity index (χ1) is 8.40. The highest BCUT2D eigenvalue weighted by Crippen LogP contribution is 2.24. The molecule has 0 radical (unpaired) electrons. The van der Waals surface area contributed by atoms with Crippen LogP contribution in [0.2, 0.25) is 0 Å². The summed E-state index contributed by atoms with van der Waals surface area (Å²) in [6.45, 7) is 0.958. The molecule has 1 aromatic rings. The quantitative estimate of drug-likeness (QED) is 0.789. The van der Waals surface area contributed by atoms with Gasteiger partial charge in [0.25, 0.3) is 0 Å². The molecule has 2 atom stereocenters. The minimum absolute atomic E-state index is 0.497. The molecular formula is C14H20OS2. The summed E-state index contributed by atoms with van der Waals surface area (Å²) in [6.07, 6.45) is 2.97. The van der Waals surface area contributed by atoms with E-state index in [4.69, 9.17) is 4.74 Å². The Labute approximate surface area is 114 Å². The van der Waals surface area contributed by atoms with Crippen LogP contribution in [0.25, 0.3) is 0 Å². The smallest absolute Gasteiger partial charge is 0.0666 e. The summed E-state index contributed by atoms with van der Waals surface area (Å²) in [5.41, 5.74) is 1.40. The van der Waals surface area contributed by atoms with Crippen LogP contribution in [0, 0.1) is 0 Å². The Hall–Kier alpha value is -0.120. The number of rotatable bonds is 6. The molecule has 1 aromatic carbocycles. The standard InChI is InChI=1S/C14H20OS2/c16-9-13(12-5-2-1-3-6-12)10-17-11-14-7-4-8-15-14/h1-3,5-6,13-14,16H,4,7-11H2. The van der Waals surface area contributed by atoms with Crippen LogP contribution in [0.4, 0.5) is 0 Å². The first-order valence-electron chi connectivity index (χ1n) is 6.25. The van der Waals surface area contributed by atoms with E-state index >= 15 is 0 Å². The maximum atomic E-state index is 5.63. The van der Waals surface area contributed by atoms with E-state index in [1.165, 1.54) is 18.4 Å². The first-order valence-corrected chi connectivity index (χ1v) is 8.04. The average Bonchev–Trinajstić information content (AvgIpc) is 2.89. The molecule has 0 amide bonds. The summed E-state index contributed by atoms with van der Waals surface area (Å²) in [4.78, 5) is 0. The highest BCUT2D eigenvalue weighted by atomic mass is 32.2. The van der Waals surface area contributed by atoms with Crippen LogP contribution in [0.5, 0.6) is 0 Å². The van der Waals surface area contributed by atoms with E-state index in [9.17, 15) is 0 Å². The number of benzene rings is 1. The monoisotopic (exact) mass is 268 g/mol. The molecule has 0 aliphatic carbocycles. The molecule has 0 aromatic heterocycles. The SMILES string of the molecule is SCC(CSCC1CCCO1)c1ccccc1. The van der Waals surface area contributed by atoms with Crippen LogP contribution < -0.4 is 0 Å². The molecule has 0 N–H and O–H groups in total. The van der Waals surface area contributed by atoms with Crippen molar-refractivity contribution >= 4 is 24.4 Å². The van der Waals surface area contributed by atoms with E-state index in [0.29, 0.717) is 12.0 Å². The van der Waals surface area contributed by atoms with Gasteiger partial charge in [-0.25, -0.2) is 0 Å². The summed E-state index contributed by atoms with van der Waals surface area (Å²) >= 11 is 6.47. The van der Waals surface area contributed by atoms with Crippen LogP contribution in [-0.2, 0) is 4.74 Å². The van der Waals surface area contributed by atoms with E-state index in [1.807, 2.05) is 11.8 Å². The highest BCUT2D eigenvalue weighted by molar-refractivity contribution is 7.99. The van der Waals surface area contributed by atoms with Crippen LogP contribution in [0.3, 0.4) is 0 Å². The van der Waals surface area contributed by atoms with E-state index in [1.54, 1.807) is 0 Å². The molecule has 2 rings (SSSR count). The predicted molar refractivity (Wildman–Crippen MR) is 79.3 cm³/mol. The molecule has 1 nitrogen and oxygen atoms in total. The molecule has 0 bridgehead atoms. The first kappa shape index (κ1) is 13.3.